The first-order valence-electron chi connectivity index (χ1n) is 9.18. The Morgan fingerprint density at radius 1 is 1.14 bits per heavy atom. The minimum atomic E-state index is -0.161. The van der Waals surface area contributed by atoms with E-state index in [2.05, 4.69) is 20.7 Å². The number of aryl methyl sites for hydroxylation is 1. The fraction of sp³-hybridized carbons (Fsp3) is 0.300. The second kappa shape index (κ2) is 8.08. The lowest BCUT2D eigenvalue weighted by Crippen LogP contribution is -2.30. The Morgan fingerprint density at radius 2 is 1.96 bits per heavy atom. The zero-order chi connectivity index (χ0) is 19.3. The van der Waals surface area contributed by atoms with Crippen molar-refractivity contribution < 1.29 is 14.3 Å². The first kappa shape index (κ1) is 18.0. The van der Waals surface area contributed by atoms with E-state index in [0.29, 0.717) is 32.0 Å². The van der Waals surface area contributed by atoms with E-state index in [0.717, 1.165) is 28.2 Å². The van der Waals surface area contributed by atoms with Crippen LogP contribution in [0.25, 0.3) is 11.4 Å². The normalized spacial score (nSPS) is 12.6. The highest BCUT2D eigenvalue weighted by molar-refractivity contribution is 5.75. The molecule has 2 aromatic carbocycles. The zero-order valence-electron chi connectivity index (χ0n) is 15.6. The minimum absolute atomic E-state index is 0.0278. The van der Waals surface area contributed by atoms with E-state index in [-0.39, 0.29) is 12.5 Å². The van der Waals surface area contributed by atoms with E-state index in [4.69, 9.17) is 9.47 Å². The molecule has 0 spiro atoms. The van der Waals surface area contributed by atoms with Crippen LogP contribution in [0, 0.1) is 6.92 Å². The molecule has 8 nitrogen and oxygen atoms in total. The lowest BCUT2D eigenvalue weighted by Gasteiger charge is -2.18. The maximum absolute atomic E-state index is 12.2. The second-order valence-electron chi connectivity index (χ2n) is 6.54. The van der Waals surface area contributed by atoms with Crippen molar-refractivity contribution in [3.05, 3.63) is 53.6 Å². The molecule has 0 atom stereocenters. The number of fused-ring (bicyclic) bond motifs is 1. The number of nitrogens with one attached hydrogen (secondary N) is 1. The van der Waals surface area contributed by atoms with Crippen LogP contribution in [0.1, 0.15) is 11.1 Å². The van der Waals surface area contributed by atoms with Gasteiger partial charge >= 0.3 is 0 Å². The van der Waals surface area contributed by atoms with Crippen LogP contribution < -0.4 is 14.8 Å². The van der Waals surface area contributed by atoms with Crippen molar-refractivity contribution in [1.29, 1.82) is 0 Å². The highest BCUT2D eigenvalue weighted by atomic mass is 16.6. The molecule has 0 bridgehead atoms. The molecular weight excluding hydrogens is 358 g/mol. The SMILES string of the molecule is Cc1ccccc1-c1nnn(CC(=O)NCCc2ccc3c(c2)OCCO3)n1. The molecule has 2 heterocycles. The van der Waals surface area contributed by atoms with Crippen molar-refractivity contribution in [1.82, 2.24) is 25.5 Å². The van der Waals surface area contributed by atoms with Crippen molar-refractivity contribution in [2.75, 3.05) is 19.8 Å². The van der Waals surface area contributed by atoms with Crippen molar-refractivity contribution >= 4 is 5.91 Å². The van der Waals surface area contributed by atoms with Gasteiger partial charge in [-0.2, -0.15) is 4.80 Å². The summed E-state index contributed by atoms with van der Waals surface area (Å²) in [5.74, 6) is 1.87. The van der Waals surface area contributed by atoms with Gasteiger partial charge < -0.3 is 14.8 Å². The van der Waals surface area contributed by atoms with Crippen molar-refractivity contribution in [3.8, 4) is 22.9 Å². The van der Waals surface area contributed by atoms with Crippen LogP contribution in [0.3, 0.4) is 0 Å². The molecule has 0 unspecified atom stereocenters. The molecule has 0 saturated heterocycles. The average molecular weight is 379 g/mol. The molecule has 0 fully saturated rings. The van der Waals surface area contributed by atoms with Crippen LogP contribution in [0.15, 0.2) is 42.5 Å². The van der Waals surface area contributed by atoms with Crippen LogP contribution >= 0.6 is 0 Å². The fourth-order valence-electron chi connectivity index (χ4n) is 3.02. The van der Waals surface area contributed by atoms with Gasteiger partial charge in [0.2, 0.25) is 11.7 Å². The van der Waals surface area contributed by atoms with Gasteiger partial charge in [0.1, 0.15) is 19.8 Å². The molecule has 1 amide bonds. The summed E-state index contributed by atoms with van der Waals surface area (Å²) in [7, 11) is 0. The van der Waals surface area contributed by atoms with E-state index in [9.17, 15) is 4.79 Å². The number of hydrogen-bond acceptors (Lipinski definition) is 6. The van der Waals surface area contributed by atoms with E-state index in [1.54, 1.807) is 0 Å². The van der Waals surface area contributed by atoms with Gasteiger partial charge in [0.15, 0.2) is 11.5 Å². The Hall–Kier alpha value is -3.42. The molecule has 3 aromatic rings. The zero-order valence-corrected chi connectivity index (χ0v) is 15.6. The molecule has 0 saturated carbocycles. The van der Waals surface area contributed by atoms with Gasteiger partial charge in [-0.15, -0.1) is 10.2 Å². The summed E-state index contributed by atoms with van der Waals surface area (Å²) in [5, 5.41) is 15.2. The van der Waals surface area contributed by atoms with Gasteiger partial charge in [0, 0.05) is 12.1 Å². The van der Waals surface area contributed by atoms with Gasteiger partial charge in [-0.25, -0.2) is 0 Å². The molecular formula is C20H21N5O3. The first-order chi connectivity index (χ1) is 13.7. The monoisotopic (exact) mass is 379 g/mol. The molecule has 144 valence electrons. The molecule has 1 N–H and O–H groups in total. The van der Waals surface area contributed by atoms with Crippen LogP contribution in [0.2, 0.25) is 0 Å². The number of ether oxygens (including phenoxy) is 2. The third-order valence-electron chi connectivity index (χ3n) is 4.47. The van der Waals surface area contributed by atoms with Gasteiger partial charge in [0.25, 0.3) is 0 Å². The summed E-state index contributed by atoms with van der Waals surface area (Å²) in [4.78, 5) is 13.5. The lowest BCUT2D eigenvalue weighted by atomic mass is 10.1. The molecule has 1 aliphatic rings. The molecule has 1 aromatic heterocycles. The minimum Gasteiger partial charge on any atom is -0.486 e. The lowest BCUT2D eigenvalue weighted by molar-refractivity contribution is -0.122. The Balaban J connectivity index is 1.29. The Bertz CT molecular complexity index is 985. The molecule has 0 aliphatic carbocycles. The van der Waals surface area contributed by atoms with Gasteiger partial charge in [-0.1, -0.05) is 30.3 Å². The van der Waals surface area contributed by atoms with E-state index in [1.165, 1.54) is 4.80 Å². The number of nitrogens with zero attached hydrogens (tertiary/aromatic N) is 4. The van der Waals surface area contributed by atoms with Crippen LogP contribution in [0.4, 0.5) is 0 Å². The second-order valence-corrected chi connectivity index (χ2v) is 6.54. The highest BCUT2D eigenvalue weighted by Crippen LogP contribution is 2.30. The quantitative estimate of drug-likeness (QED) is 0.702. The van der Waals surface area contributed by atoms with Crippen LogP contribution in [-0.4, -0.2) is 45.9 Å². The summed E-state index contributed by atoms with van der Waals surface area (Å²) in [6, 6.07) is 13.6. The topological polar surface area (TPSA) is 91.2 Å². The first-order valence-corrected chi connectivity index (χ1v) is 9.18. The Morgan fingerprint density at radius 3 is 2.82 bits per heavy atom. The average Bonchev–Trinajstić information content (AvgIpc) is 3.16. The van der Waals surface area contributed by atoms with Crippen molar-refractivity contribution in [3.63, 3.8) is 0 Å². The molecule has 1 aliphatic heterocycles. The number of carbonyl (C=O) groups is 1. The number of tetrazole rings is 1. The summed E-state index contributed by atoms with van der Waals surface area (Å²) in [6.07, 6.45) is 0.696. The standard InChI is InChI=1S/C20H21N5O3/c1-14-4-2-3-5-16(14)20-22-24-25(23-20)13-19(26)21-9-8-15-6-7-17-18(12-15)28-11-10-27-17/h2-7,12H,8-11,13H2,1H3,(H,21,26). The molecule has 0 radical (unpaired) electrons. The van der Waals surface area contributed by atoms with Gasteiger partial charge in [-0.05, 0) is 41.8 Å². The molecule has 28 heavy (non-hydrogen) atoms. The van der Waals surface area contributed by atoms with E-state index >= 15 is 0 Å². The van der Waals surface area contributed by atoms with E-state index < -0.39 is 0 Å². The van der Waals surface area contributed by atoms with Crippen LogP contribution in [0.5, 0.6) is 11.5 Å². The fourth-order valence-corrected chi connectivity index (χ4v) is 3.02. The Kier molecular flexibility index (Phi) is 5.18. The number of aromatic nitrogens is 4. The third-order valence-corrected chi connectivity index (χ3v) is 4.47. The van der Waals surface area contributed by atoms with Crippen LogP contribution in [-0.2, 0) is 17.8 Å². The maximum atomic E-state index is 12.2. The third kappa shape index (κ3) is 4.11. The molecule has 4 rings (SSSR count). The number of hydrogen-bond donors (Lipinski definition) is 1. The number of carbonyl (C=O) groups excluding carboxylic acids is 1. The van der Waals surface area contributed by atoms with Crippen molar-refractivity contribution in [2.24, 2.45) is 0 Å². The summed E-state index contributed by atoms with van der Waals surface area (Å²) in [6.45, 7) is 3.66. The number of amides is 1. The van der Waals surface area contributed by atoms with E-state index in [1.807, 2.05) is 49.4 Å². The number of benzene rings is 2. The summed E-state index contributed by atoms with van der Waals surface area (Å²) < 4.78 is 11.1. The largest absolute Gasteiger partial charge is 0.486 e. The smallest absolute Gasteiger partial charge is 0.243 e. The summed E-state index contributed by atoms with van der Waals surface area (Å²) >= 11 is 0. The number of rotatable bonds is 6. The molecule has 8 heteroatoms. The predicted molar refractivity (Wildman–Crippen MR) is 102 cm³/mol. The van der Waals surface area contributed by atoms with Crippen molar-refractivity contribution in [2.45, 2.75) is 19.9 Å². The Labute approximate surface area is 162 Å². The highest BCUT2D eigenvalue weighted by Gasteiger charge is 2.13. The maximum Gasteiger partial charge on any atom is 0.243 e. The summed E-state index contributed by atoms with van der Waals surface area (Å²) in [5.41, 5.74) is 3.05. The predicted octanol–water partition coefficient (Wildman–Crippen LogP) is 1.78. The van der Waals surface area contributed by atoms with Gasteiger partial charge in [0.05, 0.1) is 0 Å². The van der Waals surface area contributed by atoms with Gasteiger partial charge in [-0.3, -0.25) is 4.79 Å².